The number of carboxylic acid groups (broad SMARTS) is 1. The molecule has 0 fully saturated rings. The first-order valence-corrected chi connectivity index (χ1v) is 5.52. The molecule has 3 N–H and O–H groups in total. The van der Waals surface area contributed by atoms with E-state index in [1.807, 2.05) is 0 Å². The van der Waals surface area contributed by atoms with Crippen LogP contribution in [-0.4, -0.2) is 37.6 Å². The Labute approximate surface area is 115 Å². The number of halogens is 2. The number of H-pyrrole nitrogens is 1. The van der Waals surface area contributed by atoms with Gasteiger partial charge in [-0.1, -0.05) is 23.2 Å². The van der Waals surface area contributed by atoms with Crippen LogP contribution in [-0.2, 0) is 0 Å². The van der Waals surface area contributed by atoms with Gasteiger partial charge in [0.05, 0.1) is 15.7 Å². The fourth-order valence-electron chi connectivity index (χ4n) is 1.31. The second-order valence-electron chi connectivity index (χ2n) is 3.27. The SMILES string of the molecule is O=C(Nc1c(Cl)ccc(Cl)c1C(=O)O)c1nn[nH]n1. The number of aromatic nitrogens is 4. The Balaban J connectivity index is 2.42. The molecule has 0 aliphatic rings. The molecule has 0 aliphatic heterocycles. The molecule has 0 saturated heterocycles. The molecule has 0 radical (unpaired) electrons. The minimum absolute atomic E-state index is 0.0265. The number of aromatic carboxylic acids is 1. The van der Waals surface area contributed by atoms with E-state index in [0.29, 0.717) is 0 Å². The molecular formula is C9H5Cl2N5O3. The van der Waals surface area contributed by atoms with Crippen LogP contribution in [0.2, 0.25) is 10.0 Å². The van der Waals surface area contributed by atoms with Gasteiger partial charge in [-0.25, -0.2) is 4.79 Å². The van der Waals surface area contributed by atoms with Crippen LogP contribution >= 0.6 is 23.2 Å². The van der Waals surface area contributed by atoms with Gasteiger partial charge in [0.25, 0.3) is 11.7 Å². The van der Waals surface area contributed by atoms with E-state index in [2.05, 4.69) is 25.9 Å². The van der Waals surface area contributed by atoms with E-state index in [0.717, 1.165) is 0 Å². The second kappa shape index (κ2) is 5.21. The lowest BCUT2D eigenvalue weighted by Crippen LogP contribution is -2.17. The van der Waals surface area contributed by atoms with Crippen molar-refractivity contribution in [2.75, 3.05) is 5.32 Å². The van der Waals surface area contributed by atoms with Crippen LogP contribution in [0.4, 0.5) is 5.69 Å². The van der Waals surface area contributed by atoms with Crippen LogP contribution in [0, 0.1) is 0 Å². The third-order valence-electron chi connectivity index (χ3n) is 2.10. The summed E-state index contributed by atoms with van der Waals surface area (Å²) in [6.45, 7) is 0. The predicted octanol–water partition coefficient (Wildman–Crippen LogP) is 1.46. The Bertz CT molecular complexity index is 644. The van der Waals surface area contributed by atoms with Crippen molar-refractivity contribution in [3.63, 3.8) is 0 Å². The summed E-state index contributed by atoms with van der Waals surface area (Å²) in [4.78, 5) is 22.8. The number of carboxylic acids is 1. The molecule has 0 unspecified atom stereocenters. The molecule has 1 amide bonds. The van der Waals surface area contributed by atoms with Crippen molar-refractivity contribution in [1.29, 1.82) is 0 Å². The van der Waals surface area contributed by atoms with E-state index in [1.165, 1.54) is 12.1 Å². The molecule has 2 rings (SSSR count). The van der Waals surface area contributed by atoms with Crippen LogP contribution in [0.5, 0.6) is 0 Å². The third-order valence-corrected chi connectivity index (χ3v) is 2.73. The smallest absolute Gasteiger partial charge is 0.339 e. The van der Waals surface area contributed by atoms with Gasteiger partial charge in [-0.15, -0.1) is 10.2 Å². The number of rotatable bonds is 3. The summed E-state index contributed by atoms with van der Waals surface area (Å²) in [6, 6.07) is 2.68. The molecule has 0 saturated carbocycles. The van der Waals surface area contributed by atoms with Crippen LogP contribution in [0.1, 0.15) is 21.0 Å². The molecule has 0 bridgehead atoms. The minimum Gasteiger partial charge on any atom is -0.478 e. The first-order chi connectivity index (χ1) is 9.00. The van der Waals surface area contributed by atoms with Crippen molar-refractivity contribution in [2.24, 2.45) is 0 Å². The first-order valence-electron chi connectivity index (χ1n) is 4.76. The van der Waals surface area contributed by atoms with Gasteiger partial charge in [-0.2, -0.15) is 5.21 Å². The third kappa shape index (κ3) is 2.64. The number of hydrogen-bond acceptors (Lipinski definition) is 5. The Morgan fingerprint density at radius 2 is 1.95 bits per heavy atom. The number of nitrogens with one attached hydrogen (secondary N) is 2. The summed E-state index contributed by atoms with van der Waals surface area (Å²) >= 11 is 11.6. The molecule has 1 aromatic carbocycles. The number of aromatic amines is 1. The summed E-state index contributed by atoms with van der Waals surface area (Å²) in [7, 11) is 0. The lowest BCUT2D eigenvalue weighted by atomic mass is 10.1. The highest BCUT2D eigenvalue weighted by Crippen LogP contribution is 2.32. The molecule has 0 spiro atoms. The molecule has 0 atom stereocenters. The standard InChI is InChI=1S/C9H5Cl2N5O3/c10-3-1-2-4(11)6(5(3)9(18)19)12-8(17)7-13-15-16-14-7/h1-2H,(H,12,17)(H,18,19)(H,13,14,15,16). The molecule has 10 heteroatoms. The second-order valence-corrected chi connectivity index (χ2v) is 4.09. The molecule has 19 heavy (non-hydrogen) atoms. The largest absolute Gasteiger partial charge is 0.478 e. The van der Waals surface area contributed by atoms with Crippen LogP contribution in [0.15, 0.2) is 12.1 Å². The summed E-state index contributed by atoms with van der Waals surface area (Å²) in [6.07, 6.45) is 0. The van der Waals surface area contributed by atoms with Crippen LogP contribution in [0.3, 0.4) is 0 Å². The van der Waals surface area contributed by atoms with Crippen molar-refractivity contribution in [3.8, 4) is 0 Å². The Morgan fingerprint density at radius 1 is 1.26 bits per heavy atom. The lowest BCUT2D eigenvalue weighted by Gasteiger charge is -2.10. The molecule has 2 aromatic rings. The van der Waals surface area contributed by atoms with Gasteiger partial charge in [-0.3, -0.25) is 4.79 Å². The number of anilines is 1. The van der Waals surface area contributed by atoms with Crippen molar-refractivity contribution in [1.82, 2.24) is 20.6 Å². The number of nitrogens with zero attached hydrogens (tertiary/aromatic N) is 3. The number of carbonyl (C=O) groups excluding carboxylic acids is 1. The summed E-state index contributed by atoms with van der Waals surface area (Å²) < 4.78 is 0. The van der Waals surface area contributed by atoms with Gasteiger partial charge in [-0.05, 0) is 17.3 Å². The van der Waals surface area contributed by atoms with Crippen molar-refractivity contribution >= 4 is 40.8 Å². The molecule has 0 aliphatic carbocycles. The van der Waals surface area contributed by atoms with E-state index >= 15 is 0 Å². The normalized spacial score (nSPS) is 10.2. The van der Waals surface area contributed by atoms with E-state index in [9.17, 15) is 9.59 Å². The highest BCUT2D eigenvalue weighted by molar-refractivity contribution is 6.38. The zero-order valence-corrected chi connectivity index (χ0v) is 10.5. The fraction of sp³-hybridized carbons (Fsp3) is 0. The predicted molar refractivity (Wildman–Crippen MR) is 65.6 cm³/mol. The van der Waals surface area contributed by atoms with Gasteiger partial charge >= 0.3 is 5.97 Å². The molecular weight excluding hydrogens is 297 g/mol. The Morgan fingerprint density at radius 3 is 2.53 bits per heavy atom. The summed E-state index contributed by atoms with van der Waals surface area (Å²) in [5.74, 6) is -2.34. The van der Waals surface area contributed by atoms with Gasteiger partial charge in [0.1, 0.15) is 5.56 Å². The van der Waals surface area contributed by atoms with Crippen LogP contribution < -0.4 is 5.32 Å². The minimum atomic E-state index is -1.32. The maximum absolute atomic E-state index is 11.7. The lowest BCUT2D eigenvalue weighted by molar-refractivity contribution is 0.0698. The molecule has 1 heterocycles. The number of hydrogen-bond donors (Lipinski definition) is 3. The van der Waals surface area contributed by atoms with Crippen molar-refractivity contribution < 1.29 is 14.7 Å². The number of amides is 1. The topological polar surface area (TPSA) is 121 Å². The van der Waals surface area contributed by atoms with Gasteiger partial charge < -0.3 is 10.4 Å². The first kappa shape index (κ1) is 13.2. The zero-order chi connectivity index (χ0) is 14.0. The van der Waals surface area contributed by atoms with Crippen LogP contribution in [0.25, 0.3) is 0 Å². The average molecular weight is 302 g/mol. The summed E-state index contributed by atoms with van der Waals surface area (Å²) in [5, 5.41) is 23.5. The van der Waals surface area contributed by atoms with E-state index in [1.54, 1.807) is 0 Å². The van der Waals surface area contributed by atoms with E-state index < -0.39 is 11.9 Å². The van der Waals surface area contributed by atoms with E-state index in [-0.39, 0.29) is 27.1 Å². The number of tetrazole rings is 1. The van der Waals surface area contributed by atoms with E-state index in [4.69, 9.17) is 28.3 Å². The number of carbonyl (C=O) groups is 2. The fourth-order valence-corrected chi connectivity index (χ4v) is 1.75. The molecule has 8 nitrogen and oxygen atoms in total. The van der Waals surface area contributed by atoms with Gasteiger partial charge in [0.2, 0.25) is 0 Å². The zero-order valence-electron chi connectivity index (χ0n) is 9.02. The Hall–Kier alpha value is -2.19. The quantitative estimate of drug-likeness (QED) is 0.789. The molecule has 98 valence electrons. The monoisotopic (exact) mass is 301 g/mol. The summed E-state index contributed by atoms with van der Waals surface area (Å²) in [5.41, 5.74) is -0.442. The Kier molecular flexibility index (Phi) is 3.63. The highest BCUT2D eigenvalue weighted by Gasteiger charge is 2.21. The number of benzene rings is 1. The van der Waals surface area contributed by atoms with Gasteiger partial charge in [0, 0.05) is 0 Å². The highest BCUT2D eigenvalue weighted by atomic mass is 35.5. The van der Waals surface area contributed by atoms with Gasteiger partial charge in [0.15, 0.2) is 0 Å². The molecule has 1 aromatic heterocycles. The average Bonchev–Trinajstić information content (AvgIpc) is 2.87. The maximum atomic E-state index is 11.7. The van der Waals surface area contributed by atoms with Crippen molar-refractivity contribution in [2.45, 2.75) is 0 Å². The maximum Gasteiger partial charge on any atom is 0.339 e. The van der Waals surface area contributed by atoms with Crippen molar-refractivity contribution in [3.05, 3.63) is 33.6 Å².